The summed E-state index contributed by atoms with van der Waals surface area (Å²) in [5.41, 5.74) is -2.11. The number of amides is 1. The summed E-state index contributed by atoms with van der Waals surface area (Å²) < 4.78 is 35.8. The van der Waals surface area contributed by atoms with E-state index in [-0.39, 0.29) is 4.90 Å². The van der Waals surface area contributed by atoms with Gasteiger partial charge in [-0.3, -0.25) is 8.98 Å². The van der Waals surface area contributed by atoms with E-state index in [9.17, 15) is 33.0 Å². The molecule has 1 aromatic rings. The van der Waals surface area contributed by atoms with Crippen LogP contribution in [0.5, 0.6) is 0 Å². The fraction of sp³-hybridized carbons (Fsp3) is 0.550. The van der Waals surface area contributed by atoms with Gasteiger partial charge in [0.25, 0.3) is 10.1 Å². The Labute approximate surface area is 179 Å². The number of hydrogen-bond acceptors (Lipinski definition) is 7. The molecular formula is C20H25NO9S. The molecule has 0 aromatic heterocycles. The number of carboxylic acid groups (broad SMARTS) is 2. The summed E-state index contributed by atoms with van der Waals surface area (Å²) in [6.45, 7) is 6.56. The summed E-state index contributed by atoms with van der Waals surface area (Å²) in [5, 5.41) is 21.7. The molecule has 5 atom stereocenters. The summed E-state index contributed by atoms with van der Waals surface area (Å²) in [6.07, 6.45) is -2.68. The van der Waals surface area contributed by atoms with Crippen LogP contribution in [0.2, 0.25) is 0 Å². The first-order valence-electron chi connectivity index (χ1n) is 9.65. The normalized spacial score (nSPS) is 29.7. The van der Waals surface area contributed by atoms with Crippen LogP contribution in [0.3, 0.4) is 0 Å². The molecule has 2 fully saturated rings. The van der Waals surface area contributed by atoms with Gasteiger partial charge in [-0.1, -0.05) is 17.7 Å². The van der Waals surface area contributed by atoms with E-state index in [1.54, 1.807) is 39.8 Å². The maximum atomic E-state index is 12.7. The summed E-state index contributed by atoms with van der Waals surface area (Å²) in [6, 6.07) is 5.86. The molecule has 11 heteroatoms. The lowest BCUT2D eigenvalue weighted by atomic mass is 9.89. The molecular weight excluding hydrogens is 430 g/mol. The van der Waals surface area contributed by atoms with Crippen LogP contribution in [-0.2, 0) is 28.6 Å². The summed E-state index contributed by atoms with van der Waals surface area (Å²) in [5.74, 6) is -5.85. The molecule has 0 aliphatic heterocycles. The van der Waals surface area contributed by atoms with Crippen LogP contribution in [-0.4, -0.2) is 53.9 Å². The van der Waals surface area contributed by atoms with Gasteiger partial charge in [-0.05, 0) is 39.8 Å². The third-order valence-corrected chi connectivity index (χ3v) is 6.90. The third kappa shape index (κ3) is 4.38. The van der Waals surface area contributed by atoms with Gasteiger partial charge in [-0.25, -0.2) is 9.59 Å². The largest absolute Gasteiger partial charge is 0.481 e. The predicted molar refractivity (Wildman–Crippen MR) is 106 cm³/mol. The van der Waals surface area contributed by atoms with Gasteiger partial charge < -0.3 is 20.3 Å². The third-order valence-electron chi connectivity index (χ3n) is 5.55. The second kappa shape index (κ2) is 7.49. The zero-order chi connectivity index (χ0) is 23.4. The Hall–Kier alpha value is -2.66. The number of carboxylic acids is 2. The Kier molecular flexibility index (Phi) is 5.56. The van der Waals surface area contributed by atoms with Crippen molar-refractivity contribution in [3.8, 4) is 0 Å². The van der Waals surface area contributed by atoms with Crippen molar-refractivity contribution in [2.75, 3.05) is 0 Å². The molecule has 3 N–H and O–H groups in total. The topological polar surface area (TPSA) is 156 Å². The van der Waals surface area contributed by atoms with Gasteiger partial charge in [-0.2, -0.15) is 8.42 Å². The summed E-state index contributed by atoms with van der Waals surface area (Å²) in [7, 11) is -4.28. The minimum absolute atomic E-state index is 0.130. The fourth-order valence-electron chi connectivity index (χ4n) is 4.26. The van der Waals surface area contributed by atoms with Gasteiger partial charge in [-0.15, -0.1) is 0 Å². The zero-order valence-corrected chi connectivity index (χ0v) is 18.3. The van der Waals surface area contributed by atoms with Crippen molar-refractivity contribution in [1.82, 2.24) is 5.32 Å². The van der Waals surface area contributed by atoms with Gasteiger partial charge in [0.05, 0.1) is 16.9 Å². The van der Waals surface area contributed by atoms with Gasteiger partial charge in [0, 0.05) is 18.3 Å². The van der Waals surface area contributed by atoms with E-state index in [0.29, 0.717) is 0 Å². The second-order valence-electron chi connectivity index (χ2n) is 8.98. The Bertz CT molecular complexity index is 1010. The Balaban J connectivity index is 1.90. The molecule has 0 radical (unpaired) electrons. The Morgan fingerprint density at radius 2 is 1.71 bits per heavy atom. The van der Waals surface area contributed by atoms with Crippen LogP contribution in [0.15, 0.2) is 29.2 Å². The lowest BCUT2D eigenvalue weighted by Crippen LogP contribution is -2.57. The van der Waals surface area contributed by atoms with E-state index in [0.717, 1.165) is 5.56 Å². The molecule has 2 saturated carbocycles. The number of rotatable bonds is 6. The van der Waals surface area contributed by atoms with E-state index >= 15 is 0 Å². The highest BCUT2D eigenvalue weighted by Gasteiger charge is 2.77. The molecule has 0 bridgehead atoms. The molecule has 3 rings (SSSR count). The molecule has 0 heterocycles. The molecule has 170 valence electrons. The first-order valence-corrected chi connectivity index (χ1v) is 11.1. The highest BCUT2D eigenvalue weighted by molar-refractivity contribution is 7.86. The van der Waals surface area contributed by atoms with E-state index in [1.165, 1.54) is 12.1 Å². The molecule has 2 aliphatic carbocycles. The molecule has 0 spiro atoms. The average Bonchev–Trinajstić information content (AvgIpc) is 3.28. The van der Waals surface area contributed by atoms with Crippen LogP contribution in [0.25, 0.3) is 0 Å². The molecule has 1 amide bonds. The SMILES string of the molecule is Cc1ccc(S(=O)(=O)OC2CC(NC(=O)OC(C)(C)C)(C(=O)O)C3C(C(=O)O)C23)cc1. The van der Waals surface area contributed by atoms with Crippen LogP contribution < -0.4 is 5.32 Å². The monoisotopic (exact) mass is 455 g/mol. The minimum atomic E-state index is -4.28. The lowest BCUT2D eigenvalue weighted by Gasteiger charge is -2.31. The number of carbonyl (C=O) groups is 3. The highest BCUT2D eigenvalue weighted by atomic mass is 32.2. The van der Waals surface area contributed by atoms with E-state index in [4.69, 9.17) is 8.92 Å². The smallest absolute Gasteiger partial charge is 0.408 e. The number of ether oxygens (including phenoxy) is 1. The number of alkyl carbamates (subject to hydrolysis) is 1. The van der Waals surface area contributed by atoms with E-state index in [2.05, 4.69) is 5.32 Å². The number of benzene rings is 1. The minimum Gasteiger partial charge on any atom is -0.481 e. The van der Waals surface area contributed by atoms with Crippen molar-refractivity contribution in [3.05, 3.63) is 29.8 Å². The molecule has 2 aliphatic rings. The molecule has 10 nitrogen and oxygen atoms in total. The Morgan fingerprint density at radius 1 is 1.13 bits per heavy atom. The number of fused-ring (bicyclic) bond motifs is 1. The Morgan fingerprint density at radius 3 is 2.19 bits per heavy atom. The number of nitrogens with one attached hydrogen (secondary N) is 1. The first kappa shape index (κ1) is 23.0. The van der Waals surface area contributed by atoms with Crippen LogP contribution in [0.4, 0.5) is 4.79 Å². The summed E-state index contributed by atoms with van der Waals surface area (Å²) in [4.78, 5) is 36.0. The maximum Gasteiger partial charge on any atom is 0.408 e. The molecule has 5 unspecified atom stereocenters. The van der Waals surface area contributed by atoms with Crippen molar-refractivity contribution < 1.29 is 41.9 Å². The van der Waals surface area contributed by atoms with E-state index < -0.39 is 69.6 Å². The maximum absolute atomic E-state index is 12.7. The van der Waals surface area contributed by atoms with Crippen molar-refractivity contribution in [2.45, 2.75) is 56.3 Å². The molecule has 0 saturated heterocycles. The second-order valence-corrected chi connectivity index (χ2v) is 10.5. The van der Waals surface area contributed by atoms with Crippen LogP contribution in [0.1, 0.15) is 32.8 Å². The molecule has 31 heavy (non-hydrogen) atoms. The first-order chi connectivity index (χ1) is 14.2. The van der Waals surface area contributed by atoms with Crippen molar-refractivity contribution >= 4 is 28.1 Å². The lowest BCUT2D eigenvalue weighted by molar-refractivity contribution is -0.147. The quantitative estimate of drug-likeness (QED) is 0.544. The zero-order valence-electron chi connectivity index (χ0n) is 17.5. The van der Waals surface area contributed by atoms with E-state index in [1.807, 2.05) is 0 Å². The number of carbonyl (C=O) groups excluding carboxylic acids is 1. The van der Waals surface area contributed by atoms with Crippen LogP contribution >= 0.6 is 0 Å². The van der Waals surface area contributed by atoms with Crippen molar-refractivity contribution in [2.24, 2.45) is 17.8 Å². The average molecular weight is 455 g/mol. The fourth-order valence-corrected chi connectivity index (χ4v) is 5.37. The van der Waals surface area contributed by atoms with Gasteiger partial charge in [0.1, 0.15) is 11.1 Å². The molecule has 1 aromatic carbocycles. The van der Waals surface area contributed by atoms with Gasteiger partial charge in [0.2, 0.25) is 0 Å². The standard InChI is InChI=1S/C20H25NO9S/c1-10-5-7-11(8-6-10)31(27,28)30-12-9-20(17(24)25,15-13(12)14(15)16(22)23)21-18(26)29-19(2,3)4/h5-8,12-15H,9H2,1-4H3,(H,21,26)(H,22,23)(H,24,25). The number of aliphatic carboxylic acids is 2. The highest BCUT2D eigenvalue weighted by Crippen LogP contribution is 2.63. The summed E-state index contributed by atoms with van der Waals surface area (Å²) >= 11 is 0. The number of hydrogen-bond donors (Lipinski definition) is 3. The number of aryl methyl sites for hydroxylation is 1. The van der Waals surface area contributed by atoms with Crippen LogP contribution in [0, 0.1) is 24.7 Å². The van der Waals surface area contributed by atoms with Crippen molar-refractivity contribution in [1.29, 1.82) is 0 Å². The predicted octanol–water partition coefficient (Wildman–Crippen LogP) is 1.77. The van der Waals surface area contributed by atoms with Gasteiger partial charge >= 0.3 is 18.0 Å². The van der Waals surface area contributed by atoms with Crippen molar-refractivity contribution in [3.63, 3.8) is 0 Å². The van der Waals surface area contributed by atoms with Gasteiger partial charge in [0.15, 0.2) is 0 Å².